The number of benzene rings is 1. The van der Waals surface area contributed by atoms with Gasteiger partial charge >= 0.3 is 0 Å². The first-order valence-electron chi connectivity index (χ1n) is 5.85. The van der Waals surface area contributed by atoms with Crippen LogP contribution < -0.4 is 5.32 Å². The molecule has 1 aromatic carbocycles. The number of terminal acetylenes is 1. The maximum Gasteiger partial charge on any atom is 0.0268 e. The summed E-state index contributed by atoms with van der Waals surface area (Å²) < 4.78 is 0. The molecule has 0 bridgehead atoms. The highest BCUT2D eigenvalue weighted by Crippen LogP contribution is 2.28. The van der Waals surface area contributed by atoms with Gasteiger partial charge in [0.1, 0.15) is 0 Å². The van der Waals surface area contributed by atoms with Crippen LogP contribution in [0.2, 0.25) is 0 Å². The molecule has 0 aromatic heterocycles. The Hall–Kier alpha value is -1.26. The zero-order valence-electron chi connectivity index (χ0n) is 10.5. The second kappa shape index (κ2) is 5.72. The quantitative estimate of drug-likeness (QED) is 0.745. The monoisotopic (exact) mass is 215 g/mol. The second-order valence-electron chi connectivity index (χ2n) is 4.61. The molecule has 0 aliphatic rings. The predicted octanol–water partition coefficient (Wildman–Crippen LogP) is 2.97. The van der Waals surface area contributed by atoms with Gasteiger partial charge in [0.05, 0.1) is 0 Å². The van der Waals surface area contributed by atoms with Gasteiger partial charge in [-0.3, -0.25) is 0 Å². The molecule has 0 saturated carbocycles. The maximum atomic E-state index is 5.44. The number of likely N-dealkylation sites (N-methyl/N-ethyl adjacent to an activating group) is 1. The molecule has 1 heteroatoms. The molecule has 0 aliphatic heterocycles. The van der Waals surface area contributed by atoms with Crippen molar-refractivity contribution in [1.82, 2.24) is 5.32 Å². The van der Waals surface area contributed by atoms with E-state index < -0.39 is 0 Å². The minimum absolute atomic E-state index is 0.0592. The van der Waals surface area contributed by atoms with Crippen LogP contribution in [0.25, 0.3) is 0 Å². The highest BCUT2D eigenvalue weighted by atomic mass is 14.9. The Morgan fingerprint density at radius 3 is 2.44 bits per heavy atom. The molecule has 1 aromatic rings. The lowest BCUT2D eigenvalue weighted by Gasteiger charge is -2.34. The summed E-state index contributed by atoms with van der Waals surface area (Å²) in [4.78, 5) is 0. The first-order valence-corrected chi connectivity index (χ1v) is 5.85. The fourth-order valence-electron chi connectivity index (χ4n) is 2.02. The molecule has 0 spiro atoms. The van der Waals surface area contributed by atoms with Crippen LogP contribution in [0.3, 0.4) is 0 Å². The summed E-state index contributed by atoms with van der Waals surface area (Å²) in [7, 11) is 0. The van der Waals surface area contributed by atoms with Crippen LogP contribution in [0.15, 0.2) is 30.3 Å². The zero-order chi connectivity index (χ0) is 12.0. The molecule has 0 heterocycles. The summed E-state index contributed by atoms with van der Waals surface area (Å²) >= 11 is 0. The van der Waals surface area contributed by atoms with Gasteiger partial charge in [-0.1, -0.05) is 51.1 Å². The zero-order valence-corrected chi connectivity index (χ0v) is 10.5. The van der Waals surface area contributed by atoms with E-state index in [0.717, 1.165) is 13.0 Å². The molecular formula is C15H21N. The van der Waals surface area contributed by atoms with E-state index in [1.165, 1.54) is 5.56 Å². The van der Waals surface area contributed by atoms with Crippen LogP contribution in [-0.2, 0) is 5.41 Å². The van der Waals surface area contributed by atoms with Crippen LogP contribution in [0.1, 0.15) is 32.8 Å². The van der Waals surface area contributed by atoms with Crippen molar-refractivity contribution in [2.24, 2.45) is 0 Å². The van der Waals surface area contributed by atoms with Crippen LogP contribution in [0, 0.1) is 12.3 Å². The highest BCUT2D eigenvalue weighted by Gasteiger charge is 2.29. The summed E-state index contributed by atoms with van der Waals surface area (Å²) in [5.41, 5.74) is 1.39. The molecule has 1 rings (SSSR count). The van der Waals surface area contributed by atoms with Crippen molar-refractivity contribution < 1.29 is 0 Å². The Morgan fingerprint density at radius 2 is 1.94 bits per heavy atom. The Labute approximate surface area is 99.3 Å². The average molecular weight is 215 g/mol. The summed E-state index contributed by atoms with van der Waals surface area (Å²) in [6, 6.07) is 10.9. The number of nitrogens with one attached hydrogen (secondary N) is 1. The van der Waals surface area contributed by atoms with Gasteiger partial charge in [0.25, 0.3) is 0 Å². The van der Waals surface area contributed by atoms with Crippen LogP contribution in [-0.4, -0.2) is 12.6 Å². The van der Waals surface area contributed by atoms with E-state index in [0.29, 0.717) is 6.04 Å². The lowest BCUT2D eigenvalue weighted by Crippen LogP contribution is -2.44. The van der Waals surface area contributed by atoms with Crippen molar-refractivity contribution in [3.63, 3.8) is 0 Å². The Kier molecular flexibility index (Phi) is 4.58. The third-order valence-corrected chi connectivity index (χ3v) is 3.16. The molecule has 1 N–H and O–H groups in total. The Balaban J connectivity index is 2.93. The molecule has 1 unspecified atom stereocenters. The number of hydrogen-bond acceptors (Lipinski definition) is 1. The molecule has 16 heavy (non-hydrogen) atoms. The first-order chi connectivity index (χ1) is 7.62. The molecule has 0 amide bonds. The summed E-state index contributed by atoms with van der Waals surface area (Å²) in [6.07, 6.45) is 6.20. The van der Waals surface area contributed by atoms with Crippen molar-refractivity contribution in [3.8, 4) is 12.3 Å². The first kappa shape index (κ1) is 12.8. The fourth-order valence-corrected chi connectivity index (χ4v) is 2.02. The number of hydrogen-bond donors (Lipinski definition) is 1. The van der Waals surface area contributed by atoms with Crippen molar-refractivity contribution in [1.29, 1.82) is 0 Å². The van der Waals surface area contributed by atoms with Gasteiger partial charge in [0, 0.05) is 17.9 Å². The molecule has 0 saturated heterocycles. The smallest absolute Gasteiger partial charge is 0.0268 e. The van der Waals surface area contributed by atoms with E-state index >= 15 is 0 Å². The minimum atomic E-state index is 0.0592. The van der Waals surface area contributed by atoms with Gasteiger partial charge in [-0.2, -0.15) is 0 Å². The van der Waals surface area contributed by atoms with E-state index in [9.17, 15) is 0 Å². The van der Waals surface area contributed by atoms with Crippen molar-refractivity contribution in [2.45, 2.75) is 38.6 Å². The minimum Gasteiger partial charge on any atom is -0.312 e. The summed E-state index contributed by atoms with van der Waals surface area (Å²) in [5, 5.41) is 3.48. The fraction of sp³-hybridized carbons (Fsp3) is 0.467. The van der Waals surface area contributed by atoms with Crippen LogP contribution >= 0.6 is 0 Å². The second-order valence-corrected chi connectivity index (χ2v) is 4.61. The van der Waals surface area contributed by atoms with Gasteiger partial charge in [-0.05, 0) is 12.1 Å². The summed E-state index contributed by atoms with van der Waals surface area (Å²) in [5.74, 6) is 2.77. The van der Waals surface area contributed by atoms with Crippen molar-refractivity contribution in [2.75, 3.05) is 6.54 Å². The normalized spacial score (nSPS) is 13.1. The van der Waals surface area contributed by atoms with E-state index in [4.69, 9.17) is 6.42 Å². The largest absolute Gasteiger partial charge is 0.312 e. The lowest BCUT2D eigenvalue weighted by atomic mass is 9.76. The van der Waals surface area contributed by atoms with Crippen molar-refractivity contribution >= 4 is 0 Å². The van der Waals surface area contributed by atoms with Gasteiger partial charge in [-0.15, -0.1) is 12.3 Å². The molecule has 1 atom stereocenters. The van der Waals surface area contributed by atoms with Gasteiger partial charge in [0.15, 0.2) is 0 Å². The van der Waals surface area contributed by atoms with Crippen molar-refractivity contribution in [3.05, 3.63) is 35.9 Å². The molecule has 1 nitrogen and oxygen atoms in total. The third-order valence-electron chi connectivity index (χ3n) is 3.16. The SMILES string of the molecule is C#CCC(NCC)C(C)(C)c1ccccc1. The van der Waals surface area contributed by atoms with E-state index in [2.05, 4.69) is 56.3 Å². The molecule has 0 aliphatic carbocycles. The third kappa shape index (κ3) is 2.87. The predicted molar refractivity (Wildman–Crippen MR) is 70.4 cm³/mol. The van der Waals surface area contributed by atoms with Gasteiger partial charge in [-0.25, -0.2) is 0 Å². The lowest BCUT2D eigenvalue weighted by molar-refractivity contribution is 0.350. The highest BCUT2D eigenvalue weighted by molar-refractivity contribution is 5.26. The van der Waals surface area contributed by atoms with E-state index in [-0.39, 0.29) is 5.41 Å². The average Bonchev–Trinajstić information content (AvgIpc) is 2.30. The van der Waals surface area contributed by atoms with Crippen LogP contribution in [0.5, 0.6) is 0 Å². The van der Waals surface area contributed by atoms with E-state index in [1.54, 1.807) is 0 Å². The molecule has 0 radical (unpaired) electrons. The number of rotatable bonds is 5. The topological polar surface area (TPSA) is 12.0 Å². The Bertz CT molecular complexity index is 345. The summed E-state index contributed by atoms with van der Waals surface area (Å²) in [6.45, 7) is 7.55. The van der Waals surface area contributed by atoms with Gasteiger partial charge < -0.3 is 5.32 Å². The van der Waals surface area contributed by atoms with E-state index in [1.807, 2.05) is 6.07 Å². The van der Waals surface area contributed by atoms with Gasteiger partial charge in [0.2, 0.25) is 0 Å². The molecule has 0 fully saturated rings. The standard InChI is InChI=1S/C15H21N/c1-5-10-14(16-6-2)15(3,4)13-11-8-7-9-12-13/h1,7-9,11-12,14,16H,6,10H2,2-4H3. The Morgan fingerprint density at radius 1 is 1.31 bits per heavy atom. The molecular weight excluding hydrogens is 194 g/mol. The molecule has 86 valence electrons. The van der Waals surface area contributed by atoms with Crippen LogP contribution in [0.4, 0.5) is 0 Å². The maximum absolute atomic E-state index is 5.44.